The van der Waals surface area contributed by atoms with Gasteiger partial charge in [0.25, 0.3) is 5.91 Å². The largest absolute Gasteiger partial charge is 0.375 e. The van der Waals surface area contributed by atoms with E-state index < -0.39 is 0 Å². The normalized spacial score (nSPS) is 24.2. The molecule has 0 saturated carbocycles. The lowest BCUT2D eigenvalue weighted by atomic mass is 9.92. The van der Waals surface area contributed by atoms with Gasteiger partial charge in [-0.3, -0.25) is 4.79 Å². The number of H-pyrrole nitrogens is 1. The molecule has 1 unspecified atom stereocenters. The van der Waals surface area contributed by atoms with Gasteiger partial charge in [0.05, 0.1) is 5.60 Å². The van der Waals surface area contributed by atoms with Crippen LogP contribution in [0.1, 0.15) is 59.3 Å². The van der Waals surface area contributed by atoms with Gasteiger partial charge in [-0.1, -0.05) is 11.6 Å². The summed E-state index contributed by atoms with van der Waals surface area (Å²) in [5.41, 5.74) is 5.40. The maximum absolute atomic E-state index is 13.2. The van der Waals surface area contributed by atoms with Crippen LogP contribution < -0.4 is 0 Å². The first-order valence-corrected chi connectivity index (χ1v) is 9.52. The van der Waals surface area contributed by atoms with Crippen LogP contribution in [0.25, 0.3) is 10.9 Å². The Kier molecular flexibility index (Phi) is 4.11. The van der Waals surface area contributed by atoms with Crippen molar-refractivity contribution in [2.45, 2.75) is 58.5 Å². The van der Waals surface area contributed by atoms with Gasteiger partial charge < -0.3 is 14.6 Å². The second kappa shape index (κ2) is 6.17. The van der Waals surface area contributed by atoms with E-state index in [9.17, 15) is 4.79 Å². The molecule has 4 heteroatoms. The molecule has 1 spiro atoms. The molecule has 2 aliphatic rings. The number of hydrogen-bond donors (Lipinski definition) is 1. The van der Waals surface area contributed by atoms with Gasteiger partial charge in [-0.25, -0.2) is 0 Å². The summed E-state index contributed by atoms with van der Waals surface area (Å²) in [5.74, 6) is 0.140. The smallest absolute Gasteiger partial charge is 0.270 e. The fourth-order valence-corrected chi connectivity index (χ4v) is 4.67. The minimum Gasteiger partial charge on any atom is -0.375 e. The average Bonchev–Trinajstić information content (AvgIpc) is 3.09. The Morgan fingerprint density at radius 3 is 2.68 bits per heavy atom. The third-order valence-electron chi connectivity index (χ3n) is 6.09. The van der Waals surface area contributed by atoms with Crippen molar-refractivity contribution in [1.29, 1.82) is 0 Å². The molecule has 0 aliphatic carbocycles. The van der Waals surface area contributed by atoms with Gasteiger partial charge in [-0.2, -0.15) is 0 Å². The van der Waals surface area contributed by atoms with Crippen LogP contribution in [0, 0.1) is 20.8 Å². The summed E-state index contributed by atoms with van der Waals surface area (Å²) in [4.78, 5) is 18.6. The van der Waals surface area contributed by atoms with Crippen molar-refractivity contribution in [3.05, 3.63) is 34.5 Å². The van der Waals surface area contributed by atoms with Crippen molar-refractivity contribution in [2.75, 3.05) is 19.7 Å². The Labute approximate surface area is 149 Å². The number of fused-ring (bicyclic) bond motifs is 1. The molecule has 1 aromatic heterocycles. The summed E-state index contributed by atoms with van der Waals surface area (Å²) in [5, 5.41) is 1.17. The number of hydrogen-bond acceptors (Lipinski definition) is 2. The summed E-state index contributed by atoms with van der Waals surface area (Å²) < 4.78 is 6.05. The zero-order valence-electron chi connectivity index (χ0n) is 15.6. The Hall–Kier alpha value is -1.81. The fraction of sp³-hybridized carbons (Fsp3) is 0.571. The van der Waals surface area contributed by atoms with Gasteiger partial charge in [0, 0.05) is 30.6 Å². The number of aromatic amines is 1. The Bertz CT molecular complexity index is 815. The first-order chi connectivity index (χ1) is 12.0. The fourth-order valence-electron chi connectivity index (χ4n) is 4.67. The predicted octanol–water partition coefficient (Wildman–Crippen LogP) is 4.27. The van der Waals surface area contributed by atoms with Gasteiger partial charge in [0.1, 0.15) is 5.69 Å². The van der Waals surface area contributed by atoms with Gasteiger partial charge >= 0.3 is 0 Å². The van der Waals surface area contributed by atoms with Crippen molar-refractivity contribution in [3.63, 3.8) is 0 Å². The SMILES string of the molecule is Cc1cc(C)c2[nH]c(C(=O)N3CCCC4(CCCO4)CC3)c(C)c2c1. The standard InChI is InChI=1S/C21H28N2O2/c1-14-12-15(2)18-17(13-14)16(3)19(22-18)20(24)23-9-4-6-21(8-10-23)7-5-11-25-21/h12-13,22H,4-11H2,1-3H3. The molecule has 2 aromatic rings. The predicted molar refractivity (Wildman–Crippen MR) is 100 cm³/mol. The number of nitrogens with zero attached hydrogens (tertiary/aromatic N) is 1. The lowest BCUT2D eigenvalue weighted by molar-refractivity contribution is -0.00692. The van der Waals surface area contributed by atoms with E-state index in [1.54, 1.807) is 0 Å². The summed E-state index contributed by atoms with van der Waals surface area (Å²) in [6, 6.07) is 4.34. The van der Waals surface area contributed by atoms with Gasteiger partial charge in [-0.15, -0.1) is 0 Å². The highest BCUT2D eigenvalue weighted by Gasteiger charge is 2.37. The van der Waals surface area contributed by atoms with Crippen LogP contribution in [-0.2, 0) is 4.74 Å². The third-order valence-corrected chi connectivity index (χ3v) is 6.09. The lowest BCUT2D eigenvalue weighted by Crippen LogP contribution is -2.34. The van der Waals surface area contributed by atoms with Crippen LogP contribution in [0.4, 0.5) is 0 Å². The molecule has 0 radical (unpaired) electrons. The van der Waals surface area contributed by atoms with Crippen molar-refractivity contribution >= 4 is 16.8 Å². The molecule has 1 N–H and O–H groups in total. The van der Waals surface area contributed by atoms with Crippen molar-refractivity contribution in [2.24, 2.45) is 0 Å². The van der Waals surface area contributed by atoms with Crippen LogP contribution in [0.3, 0.4) is 0 Å². The third kappa shape index (κ3) is 2.86. The number of amides is 1. The van der Waals surface area contributed by atoms with Gasteiger partial charge in [0.2, 0.25) is 0 Å². The Balaban J connectivity index is 1.61. The second-order valence-electron chi connectivity index (χ2n) is 7.91. The summed E-state index contributed by atoms with van der Waals surface area (Å²) >= 11 is 0. The van der Waals surface area contributed by atoms with E-state index >= 15 is 0 Å². The van der Waals surface area contributed by atoms with E-state index in [-0.39, 0.29) is 11.5 Å². The minimum atomic E-state index is 0.0399. The van der Waals surface area contributed by atoms with Crippen molar-refractivity contribution in [1.82, 2.24) is 9.88 Å². The number of likely N-dealkylation sites (tertiary alicyclic amines) is 1. The number of rotatable bonds is 1. The molecular weight excluding hydrogens is 312 g/mol. The number of ether oxygens (including phenoxy) is 1. The molecule has 134 valence electrons. The molecule has 0 bridgehead atoms. The lowest BCUT2D eigenvalue weighted by Gasteiger charge is -2.26. The highest BCUT2D eigenvalue weighted by Crippen LogP contribution is 2.36. The quantitative estimate of drug-likeness (QED) is 0.843. The highest BCUT2D eigenvalue weighted by molar-refractivity contribution is 6.01. The van der Waals surface area contributed by atoms with E-state index in [2.05, 4.69) is 37.9 Å². The number of carbonyl (C=O) groups excluding carboxylic acids is 1. The minimum absolute atomic E-state index is 0.0399. The molecule has 2 saturated heterocycles. The van der Waals surface area contributed by atoms with Crippen LogP contribution in [-0.4, -0.2) is 41.1 Å². The zero-order chi connectivity index (χ0) is 17.6. The maximum atomic E-state index is 13.2. The number of aryl methyl sites for hydroxylation is 3. The van der Waals surface area contributed by atoms with Crippen molar-refractivity contribution < 1.29 is 9.53 Å². The van der Waals surface area contributed by atoms with Crippen LogP contribution >= 0.6 is 0 Å². The Morgan fingerprint density at radius 2 is 1.92 bits per heavy atom. The maximum Gasteiger partial charge on any atom is 0.270 e. The topological polar surface area (TPSA) is 45.3 Å². The van der Waals surface area contributed by atoms with E-state index in [0.29, 0.717) is 0 Å². The molecule has 1 aromatic carbocycles. The summed E-state index contributed by atoms with van der Waals surface area (Å²) in [6.45, 7) is 8.78. The number of aromatic nitrogens is 1. The highest BCUT2D eigenvalue weighted by atomic mass is 16.5. The molecule has 3 heterocycles. The zero-order valence-corrected chi connectivity index (χ0v) is 15.6. The van der Waals surface area contributed by atoms with Crippen LogP contribution in [0.15, 0.2) is 12.1 Å². The molecule has 25 heavy (non-hydrogen) atoms. The molecule has 2 aliphatic heterocycles. The average molecular weight is 340 g/mol. The molecule has 4 nitrogen and oxygen atoms in total. The van der Waals surface area contributed by atoms with Crippen molar-refractivity contribution in [3.8, 4) is 0 Å². The molecule has 2 fully saturated rings. The monoisotopic (exact) mass is 340 g/mol. The Morgan fingerprint density at radius 1 is 1.12 bits per heavy atom. The molecule has 4 rings (SSSR count). The molecule has 1 amide bonds. The van der Waals surface area contributed by atoms with E-state index in [4.69, 9.17) is 4.74 Å². The second-order valence-corrected chi connectivity index (χ2v) is 7.91. The van der Waals surface area contributed by atoms with E-state index in [1.807, 2.05) is 4.90 Å². The number of benzene rings is 1. The first-order valence-electron chi connectivity index (χ1n) is 9.52. The number of carbonyl (C=O) groups is 1. The molecule has 1 atom stereocenters. The van der Waals surface area contributed by atoms with Crippen LogP contribution in [0.2, 0.25) is 0 Å². The first kappa shape index (κ1) is 16.6. The van der Waals surface area contributed by atoms with E-state index in [0.717, 1.165) is 68.6 Å². The number of nitrogens with one attached hydrogen (secondary N) is 1. The summed E-state index contributed by atoms with van der Waals surface area (Å²) in [7, 11) is 0. The van der Waals surface area contributed by atoms with Gasteiger partial charge in [0.15, 0.2) is 0 Å². The molecular formula is C21H28N2O2. The van der Waals surface area contributed by atoms with E-state index in [1.165, 1.54) is 16.5 Å². The van der Waals surface area contributed by atoms with Crippen LogP contribution in [0.5, 0.6) is 0 Å². The van der Waals surface area contributed by atoms with Gasteiger partial charge in [-0.05, 0) is 70.1 Å². The summed E-state index contributed by atoms with van der Waals surface area (Å²) in [6.07, 6.45) is 5.40.